The van der Waals surface area contributed by atoms with Crippen LogP contribution in [0.1, 0.15) is 62.7 Å². The Balaban J connectivity index is 1.65. The maximum atomic E-state index is 13.6. The lowest BCUT2D eigenvalue weighted by Crippen LogP contribution is -2.50. The van der Waals surface area contributed by atoms with Gasteiger partial charge in [0.2, 0.25) is 5.91 Å². The second-order valence-corrected chi connectivity index (χ2v) is 10.8. The first-order chi connectivity index (χ1) is 16.8. The first-order valence-corrected chi connectivity index (χ1v) is 13.7. The molecule has 3 rings (SSSR count). The molecule has 0 aliphatic carbocycles. The second-order valence-electron chi connectivity index (χ2n) is 9.97. The van der Waals surface area contributed by atoms with Gasteiger partial charge in [0.25, 0.3) is 5.91 Å². The van der Waals surface area contributed by atoms with Gasteiger partial charge in [-0.2, -0.15) is 0 Å². The van der Waals surface area contributed by atoms with Crippen LogP contribution in [0.3, 0.4) is 0 Å². The number of hydrogen-bond donors (Lipinski definition) is 2. The molecule has 2 aliphatic heterocycles. The van der Waals surface area contributed by atoms with Crippen molar-refractivity contribution in [2.24, 2.45) is 5.92 Å². The molecule has 2 N–H and O–H groups in total. The van der Waals surface area contributed by atoms with Crippen LogP contribution in [0.2, 0.25) is 10.0 Å². The third-order valence-corrected chi connectivity index (χ3v) is 8.04. The lowest BCUT2D eigenvalue weighted by atomic mass is 9.98. The molecule has 2 aliphatic rings. The Labute approximate surface area is 220 Å². The zero-order chi connectivity index (χ0) is 25.4. The van der Waals surface area contributed by atoms with E-state index in [1.807, 2.05) is 11.8 Å². The number of carbonyl (C=O) groups excluding carboxylic acids is 2. The molecule has 1 aromatic carbocycles. The van der Waals surface area contributed by atoms with Crippen LogP contribution in [-0.4, -0.2) is 73.0 Å². The first kappa shape index (κ1) is 28.0. The third-order valence-electron chi connectivity index (χ3n) is 7.30. The van der Waals surface area contributed by atoms with Crippen LogP contribution < -0.4 is 10.6 Å². The molecular weight excluding hydrogens is 483 g/mol. The Bertz CT molecular complexity index is 888. The predicted octanol–water partition coefficient (Wildman–Crippen LogP) is 4.76. The van der Waals surface area contributed by atoms with Gasteiger partial charge in [-0.3, -0.25) is 9.59 Å². The molecule has 194 valence electrons. The summed E-state index contributed by atoms with van der Waals surface area (Å²) in [6.07, 6.45) is 6.28. The van der Waals surface area contributed by atoms with Gasteiger partial charge in [-0.05, 0) is 76.2 Å². The highest BCUT2D eigenvalue weighted by Crippen LogP contribution is 2.23. The molecule has 8 heteroatoms. The van der Waals surface area contributed by atoms with Gasteiger partial charge >= 0.3 is 0 Å². The van der Waals surface area contributed by atoms with Crippen molar-refractivity contribution in [1.82, 2.24) is 20.4 Å². The number of nitrogens with zero attached hydrogens (tertiary/aromatic N) is 2. The standard InChI is InChI=1S/C27H40Cl2N4O2/c1-4-20(19(2)3)18-33-15-10-22(17-30-26(34)21-8-9-23(28)24(29)16-21)31-25(27(33)35)11-14-32-12-6-5-7-13-32/h8-9,16,20,22,25,31H,2,4-7,10-15,17-18H2,1,3H3,(H,30,34)/t20?,22-,25-/m0/s1. The van der Waals surface area contributed by atoms with Crippen LogP contribution in [0.5, 0.6) is 0 Å². The second kappa shape index (κ2) is 13.6. The summed E-state index contributed by atoms with van der Waals surface area (Å²) in [7, 11) is 0. The minimum Gasteiger partial charge on any atom is -0.350 e. The van der Waals surface area contributed by atoms with E-state index in [2.05, 4.69) is 29.0 Å². The molecule has 0 bridgehead atoms. The number of piperidine rings is 1. The van der Waals surface area contributed by atoms with Gasteiger partial charge in [-0.15, -0.1) is 0 Å². The minimum absolute atomic E-state index is 0.00642. The van der Waals surface area contributed by atoms with Crippen molar-refractivity contribution in [1.29, 1.82) is 0 Å². The number of carbonyl (C=O) groups is 2. The van der Waals surface area contributed by atoms with Crippen molar-refractivity contribution in [3.63, 3.8) is 0 Å². The lowest BCUT2D eigenvalue weighted by Gasteiger charge is -2.31. The average Bonchev–Trinajstić information content (AvgIpc) is 3.00. The number of rotatable bonds is 10. The Kier molecular flexibility index (Phi) is 10.9. The van der Waals surface area contributed by atoms with E-state index in [0.29, 0.717) is 41.2 Å². The summed E-state index contributed by atoms with van der Waals surface area (Å²) in [5.41, 5.74) is 1.59. The van der Waals surface area contributed by atoms with Crippen molar-refractivity contribution in [3.8, 4) is 0 Å². The van der Waals surface area contributed by atoms with Gasteiger partial charge in [0.05, 0.1) is 16.1 Å². The molecule has 1 unspecified atom stereocenters. The van der Waals surface area contributed by atoms with E-state index in [4.69, 9.17) is 23.2 Å². The quantitative estimate of drug-likeness (QED) is 0.434. The normalized spacial score (nSPS) is 22.5. The van der Waals surface area contributed by atoms with Crippen LogP contribution in [-0.2, 0) is 4.79 Å². The number of amides is 2. The molecule has 0 radical (unpaired) electrons. The van der Waals surface area contributed by atoms with Crippen molar-refractivity contribution < 1.29 is 9.59 Å². The summed E-state index contributed by atoms with van der Waals surface area (Å²) in [6.45, 7) is 13.3. The summed E-state index contributed by atoms with van der Waals surface area (Å²) >= 11 is 12.1. The van der Waals surface area contributed by atoms with Crippen LogP contribution in [0.15, 0.2) is 30.4 Å². The lowest BCUT2D eigenvalue weighted by molar-refractivity contribution is -0.133. The van der Waals surface area contributed by atoms with Crippen molar-refractivity contribution >= 4 is 35.0 Å². The molecule has 2 amide bonds. The number of likely N-dealkylation sites (tertiary alicyclic amines) is 1. The Hall–Kier alpha value is -1.60. The van der Waals surface area contributed by atoms with E-state index >= 15 is 0 Å². The van der Waals surface area contributed by atoms with Gasteiger partial charge in [-0.1, -0.05) is 48.7 Å². The molecule has 3 atom stereocenters. The third kappa shape index (κ3) is 8.21. The summed E-state index contributed by atoms with van der Waals surface area (Å²) < 4.78 is 0. The van der Waals surface area contributed by atoms with E-state index in [-0.39, 0.29) is 23.9 Å². The highest BCUT2D eigenvalue weighted by molar-refractivity contribution is 6.42. The number of hydrogen-bond acceptors (Lipinski definition) is 4. The predicted molar refractivity (Wildman–Crippen MR) is 144 cm³/mol. The topological polar surface area (TPSA) is 64.7 Å². The number of benzene rings is 1. The number of nitrogens with one attached hydrogen (secondary N) is 2. The maximum Gasteiger partial charge on any atom is 0.251 e. The van der Waals surface area contributed by atoms with E-state index in [1.165, 1.54) is 19.3 Å². The van der Waals surface area contributed by atoms with E-state index < -0.39 is 0 Å². The zero-order valence-corrected chi connectivity index (χ0v) is 22.6. The van der Waals surface area contributed by atoms with Gasteiger partial charge < -0.3 is 20.4 Å². The fourth-order valence-corrected chi connectivity index (χ4v) is 5.28. The molecule has 2 heterocycles. The maximum absolute atomic E-state index is 13.6. The van der Waals surface area contributed by atoms with Gasteiger partial charge in [0.1, 0.15) is 0 Å². The monoisotopic (exact) mass is 522 g/mol. The summed E-state index contributed by atoms with van der Waals surface area (Å²) in [5.74, 6) is 0.267. The van der Waals surface area contributed by atoms with Gasteiger partial charge in [-0.25, -0.2) is 0 Å². The Morgan fingerprint density at radius 1 is 1.20 bits per heavy atom. The van der Waals surface area contributed by atoms with E-state index in [0.717, 1.165) is 44.5 Å². The van der Waals surface area contributed by atoms with Gasteiger partial charge in [0.15, 0.2) is 0 Å². The van der Waals surface area contributed by atoms with Crippen molar-refractivity contribution in [2.75, 3.05) is 39.3 Å². The van der Waals surface area contributed by atoms with Gasteiger partial charge in [0, 0.05) is 37.8 Å². The van der Waals surface area contributed by atoms with Crippen LogP contribution in [0, 0.1) is 5.92 Å². The molecule has 6 nitrogen and oxygen atoms in total. The first-order valence-electron chi connectivity index (χ1n) is 12.9. The summed E-state index contributed by atoms with van der Waals surface area (Å²) in [6, 6.07) is 4.62. The summed E-state index contributed by atoms with van der Waals surface area (Å²) in [5, 5.41) is 7.37. The SMILES string of the molecule is C=C(C)C(CC)CN1CC[C@@H](CNC(=O)c2ccc(Cl)c(Cl)c2)N[C@@H](CCN2CCCCC2)C1=O. The van der Waals surface area contributed by atoms with Crippen LogP contribution in [0.25, 0.3) is 0 Å². The smallest absolute Gasteiger partial charge is 0.251 e. The Morgan fingerprint density at radius 2 is 1.94 bits per heavy atom. The summed E-state index contributed by atoms with van der Waals surface area (Å²) in [4.78, 5) is 30.8. The fourth-order valence-electron chi connectivity index (χ4n) is 4.98. The molecule has 0 spiro atoms. The minimum atomic E-state index is -0.256. The number of halogens is 2. The zero-order valence-electron chi connectivity index (χ0n) is 21.1. The van der Waals surface area contributed by atoms with Crippen LogP contribution >= 0.6 is 23.2 Å². The van der Waals surface area contributed by atoms with E-state index in [9.17, 15) is 9.59 Å². The van der Waals surface area contributed by atoms with Crippen LogP contribution in [0.4, 0.5) is 0 Å². The van der Waals surface area contributed by atoms with Crippen molar-refractivity contribution in [3.05, 3.63) is 46.0 Å². The average molecular weight is 524 g/mol. The van der Waals surface area contributed by atoms with E-state index in [1.54, 1.807) is 18.2 Å². The molecule has 2 saturated heterocycles. The molecule has 1 aromatic rings. The largest absolute Gasteiger partial charge is 0.350 e. The molecule has 35 heavy (non-hydrogen) atoms. The highest BCUT2D eigenvalue weighted by atomic mass is 35.5. The molecular formula is C27H40Cl2N4O2. The molecule has 0 saturated carbocycles. The molecule has 2 fully saturated rings. The Morgan fingerprint density at radius 3 is 2.60 bits per heavy atom. The van der Waals surface area contributed by atoms with Crippen molar-refractivity contribution in [2.45, 2.75) is 64.5 Å². The fraction of sp³-hybridized carbons (Fsp3) is 0.630. The highest BCUT2D eigenvalue weighted by Gasteiger charge is 2.32. The molecule has 0 aromatic heterocycles.